The van der Waals surface area contributed by atoms with Gasteiger partial charge in [-0.15, -0.1) is 0 Å². The number of carbonyl (C=O) groups excluding carboxylic acids is 2. The zero-order valence-electron chi connectivity index (χ0n) is 9.40. The van der Waals surface area contributed by atoms with Crippen LogP contribution < -0.4 is 16.4 Å². The summed E-state index contributed by atoms with van der Waals surface area (Å²) in [7, 11) is 0. The first-order valence-corrected chi connectivity index (χ1v) is 5.49. The fraction of sp³-hybridized carbons (Fsp3) is 0.800. The summed E-state index contributed by atoms with van der Waals surface area (Å²) in [5, 5.41) is 14.7. The van der Waals surface area contributed by atoms with Gasteiger partial charge in [0.1, 0.15) is 6.10 Å². The van der Waals surface area contributed by atoms with Crippen LogP contribution in [0.4, 0.5) is 0 Å². The lowest BCUT2D eigenvalue weighted by Crippen LogP contribution is -2.50. The van der Waals surface area contributed by atoms with Crippen molar-refractivity contribution in [1.29, 1.82) is 0 Å². The van der Waals surface area contributed by atoms with E-state index in [4.69, 9.17) is 10.8 Å². The van der Waals surface area contributed by atoms with Crippen LogP contribution in [0.1, 0.15) is 19.8 Å². The first-order chi connectivity index (χ1) is 7.50. The number of primary amides is 1. The summed E-state index contributed by atoms with van der Waals surface area (Å²) < 4.78 is 0. The number of aliphatic hydroxyl groups excluding tert-OH is 1. The summed E-state index contributed by atoms with van der Waals surface area (Å²) in [5.41, 5.74) is 4.87. The van der Waals surface area contributed by atoms with Gasteiger partial charge >= 0.3 is 0 Å². The van der Waals surface area contributed by atoms with Crippen LogP contribution in [0.15, 0.2) is 0 Å². The molecule has 0 radical (unpaired) electrons. The quantitative estimate of drug-likeness (QED) is 0.463. The number of rotatable bonds is 4. The molecule has 6 heteroatoms. The summed E-state index contributed by atoms with van der Waals surface area (Å²) >= 11 is 0. The number of carbonyl (C=O) groups is 2. The van der Waals surface area contributed by atoms with Crippen molar-refractivity contribution in [3.63, 3.8) is 0 Å². The molecule has 92 valence electrons. The molecular weight excluding hydrogens is 210 g/mol. The number of hydrogen-bond donors (Lipinski definition) is 4. The van der Waals surface area contributed by atoms with Gasteiger partial charge in [-0.1, -0.05) is 6.92 Å². The summed E-state index contributed by atoms with van der Waals surface area (Å²) in [6.07, 6.45) is 0.525. The minimum Gasteiger partial charge on any atom is -0.381 e. The van der Waals surface area contributed by atoms with Crippen LogP contribution in [0.2, 0.25) is 0 Å². The Morgan fingerprint density at radius 1 is 1.62 bits per heavy atom. The molecule has 1 aliphatic heterocycles. The zero-order chi connectivity index (χ0) is 12.1. The van der Waals surface area contributed by atoms with Gasteiger partial charge in [0.15, 0.2) is 0 Å². The Bertz CT molecular complexity index is 270. The van der Waals surface area contributed by atoms with E-state index in [1.165, 1.54) is 0 Å². The van der Waals surface area contributed by atoms with E-state index in [0.717, 1.165) is 19.4 Å². The minimum atomic E-state index is -1.31. The van der Waals surface area contributed by atoms with E-state index in [1.807, 2.05) is 0 Å². The van der Waals surface area contributed by atoms with Crippen LogP contribution in [0.3, 0.4) is 0 Å². The van der Waals surface area contributed by atoms with Gasteiger partial charge in [0.05, 0.1) is 12.6 Å². The number of nitrogens with one attached hydrogen (secondary N) is 2. The number of amides is 2. The molecule has 16 heavy (non-hydrogen) atoms. The average Bonchev–Trinajstić information content (AvgIpc) is 2.25. The molecule has 0 aromatic heterocycles. The Labute approximate surface area is 94.6 Å². The molecule has 2 amide bonds. The van der Waals surface area contributed by atoms with Crippen LogP contribution in [0, 0.1) is 5.92 Å². The first kappa shape index (κ1) is 12.9. The monoisotopic (exact) mass is 229 g/mol. The van der Waals surface area contributed by atoms with E-state index < -0.39 is 12.0 Å². The second kappa shape index (κ2) is 5.81. The van der Waals surface area contributed by atoms with Crippen molar-refractivity contribution in [1.82, 2.24) is 10.6 Å². The number of nitrogens with two attached hydrogens (primary N) is 1. The van der Waals surface area contributed by atoms with Crippen molar-refractivity contribution in [2.45, 2.75) is 31.9 Å². The third-order valence-corrected chi connectivity index (χ3v) is 2.78. The third kappa shape index (κ3) is 3.79. The lowest BCUT2D eigenvalue weighted by atomic mass is 9.94. The van der Waals surface area contributed by atoms with Gasteiger partial charge in [0.25, 0.3) is 0 Å². The van der Waals surface area contributed by atoms with Crippen molar-refractivity contribution in [2.75, 3.05) is 13.1 Å². The molecule has 1 heterocycles. The molecule has 3 atom stereocenters. The highest BCUT2D eigenvalue weighted by Gasteiger charge is 2.25. The third-order valence-electron chi connectivity index (χ3n) is 2.78. The molecule has 3 unspecified atom stereocenters. The summed E-state index contributed by atoms with van der Waals surface area (Å²) in [6.45, 7) is 2.79. The predicted octanol–water partition coefficient (Wildman–Crippen LogP) is -1.66. The van der Waals surface area contributed by atoms with Crippen molar-refractivity contribution in [3.05, 3.63) is 0 Å². The lowest BCUT2D eigenvalue weighted by molar-refractivity contribution is -0.127. The van der Waals surface area contributed by atoms with Crippen molar-refractivity contribution >= 4 is 11.8 Å². The second-order valence-corrected chi connectivity index (χ2v) is 4.30. The van der Waals surface area contributed by atoms with Gasteiger partial charge in [-0.2, -0.15) is 0 Å². The second-order valence-electron chi connectivity index (χ2n) is 4.30. The van der Waals surface area contributed by atoms with Gasteiger partial charge in [-0.25, -0.2) is 0 Å². The lowest BCUT2D eigenvalue weighted by Gasteiger charge is -2.27. The fourth-order valence-electron chi connectivity index (χ4n) is 1.73. The van der Waals surface area contributed by atoms with Gasteiger partial charge in [0, 0.05) is 0 Å². The topological polar surface area (TPSA) is 104 Å². The molecule has 5 N–H and O–H groups in total. The summed E-state index contributed by atoms with van der Waals surface area (Å²) in [6, 6.07) is -0.233. The highest BCUT2D eigenvalue weighted by molar-refractivity contribution is 5.83. The smallest absolute Gasteiger partial charge is 0.248 e. The summed E-state index contributed by atoms with van der Waals surface area (Å²) in [5.74, 6) is -0.504. The molecule has 0 aliphatic carbocycles. The van der Waals surface area contributed by atoms with Crippen LogP contribution >= 0.6 is 0 Å². The van der Waals surface area contributed by atoms with Crippen LogP contribution in [0.25, 0.3) is 0 Å². The number of hydrogen-bond acceptors (Lipinski definition) is 4. The maximum Gasteiger partial charge on any atom is 0.248 e. The number of piperidine rings is 1. The molecule has 0 bridgehead atoms. The molecular formula is C10H19N3O3. The molecule has 0 saturated carbocycles. The van der Waals surface area contributed by atoms with Crippen LogP contribution in [-0.4, -0.2) is 42.2 Å². The van der Waals surface area contributed by atoms with Crippen LogP contribution in [-0.2, 0) is 9.59 Å². The van der Waals surface area contributed by atoms with E-state index in [0.29, 0.717) is 5.92 Å². The van der Waals surface area contributed by atoms with Gasteiger partial charge in [-0.3, -0.25) is 9.59 Å². The molecule has 0 aromatic carbocycles. The highest BCUT2D eigenvalue weighted by Crippen LogP contribution is 2.14. The standard InChI is InChI=1S/C10H19N3O3/c1-6-2-3-12-7(4-6)10(16)13-5-8(14)9(11)15/h6-8,12,14H,2-5H2,1H3,(H2,11,15)(H,13,16). The zero-order valence-corrected chi connectivity index (χ0v) is 9.40. The maximum atomic E-state index is 11.6. The Hall–Kier alpha value is -1.14. The Balaban J connectivity index is 2.31. The van der Waals surface area contributed by atoms with Gasteiger partial charge in [-0.05, 0) is 25.3 Å². The predicted molar refractivity (Wildman–Crippen MR) is 58.4 cm³/mol. The summed E-state index contributed by atoms with van der Waals surface area (Å²) in [4.78, 5) is 22.2. The highest BCUT2D eigenvalue weighted by atomic mass is 16.3. The molecule has 1 aliphatic rings. The molecule has 1 rings (SSSR count). The largest absolute Gasteiger partial charge is 0.381 e. The maximum absolute atomic E-state index is 11.6. The average molecular weight is 229 g/mol. The van der Waals surface area contributed by atoms with E-state index >= 15 is 0 Å². The molecule has 1 saturated heterocycles. The van der Waals surface area contributed by atoms with E-state index in [-0.39, 0.29) is 18.5 Å². The normalized spacial score (nSPS) is 27.1. The molecule has 1 fully saturated rings. The van der Waals surface area contributed by atoms with E-state index in [9.17, 15) is 9.59 Å². The van der Waals surface area contributed by atoms with Crippen molar-refractivity contribution < 1.29 is 14.7 Å². The minimum absolute atomic E-state index is 0.124. The molecule has 0 spiro atoms. The SMILES string of the molecule is CC1CCNC(C(=O)NCC(O)C(N)=O)C1. The van der Waals surface area contributed by atoms with E-state index in [1.54, 1.807) is 0 Å². The fourth-order valence-corrected chi connectivity index (χ4v) is 1.73. The Morgan fingerprint density at radius 2 is 2.31 bits per heavy atom. The van der Waals surface area contributed by atoms with Crippen molar-refractivity contribution in [2.24, 2.45) is 11.7 Å². The Kier molecular flexibility index (Phi) is 4.70. The molecule has 0 aromatic rings. The van der Waals surface area contributed by atoms with E-state index in [2.05, 4.69) is 17.6 Å². The molecule has 6 nitrogen and oxygen atoms in total. The number of aliphatic hydroxyl groups is 1. The van der Waals surface area contributed by atoms with Crippen molar-refractivity contribution in [3.8, 4) is 0 Å². The van der Waals surface area contributed by atoms with Gasteiger partial charge in [0.2, 0.25) is 11.8 Å². The van der Waals surface area contributed by atoms with Gasteiger partial charge < -0.3 is 21.5 Å². The Morgan fingerprint density at radius 3 is 2.88 bits per heavy atom. The first-order valence-electron chi connectivity index (χ1n) is 5.49. The van der Waals surface area contributed by atoms with Crippen LogP contribution in [0.5, 0.6) is 0 Å².